The fraction of sp³-hybridized carbons (Fsp3) is 0.556. The number of allylic oxidation sites excluding steroid dienone is 2. The van der Waals surface area contributed by atoms with E-state index in [9.17, 15) is 17.6 Å². The second kappa shape index (κ2) is 6.27. The zero-order valence-corrected chi connectivity index (χ0v) is 14.1. The molecule has 2 rings (SSSR count). The topological polar surface area (TPSA) is 9.23 Å². The van der Waals surface area contributed by atoms with Gasteiger partial charge < -0.3 is 4.74 Å². The van der Waals surface area contributed by atoms with Crippen LogP contribution in [-0.2, 0) is 17.8 Å². The highest BCUT2D eigenvalue weighted by Crippen LogP contribution is 2.60. The quantitative estimate of drug-likeness (QED) is 0.411. The molecular formula is C18H22F4O. The molecule has 2 unspecified atom stereocenters. The van der Waals surface area contributed by atoms with E-state index in [-0.39, 0.29) is 23.7 Å². The Kier molecular flexibility index (Phi) is 4.90. The van der Waals surface area contributed by atoms with Crippen molar-refractivity contribution in [2.24, 2.45) is 17.3 Å². The smallest absolute Gasteiger partial charge is 0.167 e. The molecule has 0 radical (unpaired) electrons. The molecule has 1 aliphatic carbocycles. The van der Waals surface area contributed by atoms with Crippen molar-refractivity contribution < 1.29 is 22.3 Å². The SMILES string of the molecule is COCc1c(F)c(F)c(CC2C(C=C(C)C)C2(C)C)c(F)c1F. The van der Waals surface area contributed by atoms with Crippen LogP contribution >= 0.6 is 0 Å². The second-order valence-corrected chi connectivity index (χ2v) is 7.05. The van der Waals surface area contributed by atoms with Gasteiger partial charge in [-0.1, -0.05) is 25.5 Å². The van der Waals surface area contributed by atoms with Gasteiger partial charge in [0, 0.05) is 12.7 Å². The fourth-order valence-corrected chi connectivity index (χ4v) is 3.26. The number of hydrogen-bond acceptors (Lipinski definition) is 1. The van der Waals surface area contributed by atoms with Crippen LogP contribution in [-0.4, -0.2) is 7.11 Å². The maximum absolute atomic E-state index is 14.2. The second-order valence-electron chi connectivity index (χ2n) is 7.05. The molecule has 1 nitrogen and oxygen atoms in total. The van der Waals surface area contributed by atoms with Crippen molar-refractivity contribution in [2.45, 2.75) is 40.7 Å². The first-order chi connectivity index (χ1) is 10.6. The minimum absolute atomic E-state index is 0.0276. The highest BCUT2D eigenvalue weighted by atomic mass is 19.2. The predicted molar refractivity (Wildman–Crippen MR) is 80.9 cm³/mol. The van der Waals surface area contributed by atoms with Crippen LogP contribution in [0.1, 0.15) is 38.8 Å². The van der Waals surface area contributed by atoms with E-state index in [1.807, 2.05) is 33.8 Å². The summed E-state index contributed by atoms with van der Waals surface area (Å²) in [7, 11) is 1.21. The number of rotatable bonds is 5. The molecule has 128 valence electrons. The molecule has 1 aromatic rings. The van der Waals surface area contributed by atoms with Crippen LogP contribution in [0.15, 0.2) is 11.6 Å². The first-order valence-electron chi connectivity index (χ1n) is 7.60. The third-order valence-corrected chi connectivity index (χ3v) is 4.81. The molecular weight excluding hydrogens is 308 g/mol. The summed E-state index contributed by atoms with van der Waals surface area (Å²) in [5, 5.41) is 0. The molecule has 5 heteroatoms. The molecule has 0 saturated heterocycles. The molecule has 23 heavy (non-hydrogen) atoms. The zero-order valence-electron chi connectivity index (χ0n) is 14.1. The molecule has 0 heterocycles. The van der Waals surface area contributed by atoms with Crippen LogP contribution in [0, 0.1) is 40.5 Å². The highest BCUT2D eigenvalue weighted by Gasteiger charge is 2.56. The van der Waals surface area contributed by atoms with E-state index < -0.39 is 41.0 Å². The summed E-state index contributed by atoms with van der Waals surface area (Å²) in [5.41, 5.74) is -0.252. The average molecular weight is 330 g/mol. The summed E-state index contributed by atoms with van der Waals surface area (Å²) in [6, 6.07) is 0. The van der Waals surface area contributed by atoms with E-state index >= 15 is 0 Å². The molecule has 0 amide bonds. The Morgan fingerprint density at radius 1 is 1.00 bits per heavy atom. The van der Waals surface area contributed by atoms with Gasteiger partial charge in [0.05, 0.1) is 12.2 Å². The Balaban J connectivity index is 2.37. The summed E-state index contributed by atoms with van der Waals surface area (Å²) >= 11 is 0. The van der Waals surface area contributed by atoms with Gasteiger partial charge in [0.1, 0.15) is 0 Å². The van der Waals surface area contributed by atoms with E-state index in [2.05, 4.69) is 4.74 Å². The number of hydrogen-bond donors (Lipinski definition) is 0. The molecule has 1 fully saturated rings. The van der Waals surface area contributed by atoms with Gasteiger partial charge in [0.25, 0.3) is 0 Å². The summed E-state index contributed by atoms with van der Waals surface area (Å²) in [6.45, 7) is 7.37. The summed E-state index contributed by atoms with van der Waals surface area (Å²) < 4.78 is 61.0. The highest BCUT2D eigenvalue weighted by molar-refractivity contribution is 5.32. The molecule has 0 spiro atoms. The van der Waals surface area contributed by atoms with Gasteiger partial charge in [-0.05, 0) is 37.5 Å². The molecule has 0 aromatic heterocycles. The van der Waals surface area contributed by atoms with E-state index in [0.717, 1.165) is 5.57 Å². The van der Waals surface area contributed by atoms with Crippen LogP contribution in [0.2, 0.25) is 0 Å². The third kappa shape index (κ3) is 3.16. The minimum Gasteiger partial charge on any atom is -0.380 e. The molecule has 1 aliphatic rings. The Morgan fingerprint density at radius 2 is 1.48 bits per heavy atom. The van der Waals surface area contributed by atoms with Crippen molar-refractivity contribution in [1.82, 2.24) is 0 Å². The molecule has 0 aliphatic heterocycles. The van der Waals surface area contributed by atoms with Crippen LogP contribution in [0.5, 0.6) is 0 Å². The average Bonchev–Trinajstić information content (AvgIpc) is 2.97. The first-order valence-corrected chi connectivity index (χ1v) is 7.60. The zero-order chi connectivity index (χ0) is 17.5. The van der Waals surface area contributed by atoms with Gasteiger partial charge in [-0.3, -0.25) is 0 Å². The minimum atomic E-state index is -1.36. The van der Waals surface area contributed by atoms with Gasteiger partial charge in [-0.15, -0.1) is 0 Å². The Hall–Kier alpha value is -1.36. The number of benzene rings is 1. The fourth-order valence-electron chi connectivity index (χ4n) is 3.26. The van der Waals surface area contributed by atoms with Crippen molar-refractivity contribution in [3.63, 3.8) is 0 Å². The Bertz CT molecular complexity index is 616. The molecule has 0 N–H and O–H groups in total. The number of ether oxygens (including phenoxy) is 1. The van der Waals surface area contributed by atoms with Gasteiger partial charge in [0.15, 0.2) is 23.3 Å². The maximum Gasteiger partial charge on any atom is 0.167 e. The van der Waals surface area contributed by atoms with E-state index in [1.165, 1.54) is 7.11 Å². The lowest BCUT2D eigenvalue weighted by Gasteiger charge is -2.12. The van der Waals surface area contributed by atoms with E-state index in [0.29, 0.717) is 0 Å². The standard InChI is InChI=1S/C18H22F4O/c1-9(2)6-12-13(18(12,3)4)7-10-14(19)16(21)11(8-23-5)17(22)15(10)20/h6,12-13H,7-8H2,1-5H3. The van der Waals surface area contributed by atoms with E-state index in [4.69, 9.17) is 0 Å². The lowest BCUT2D eigenvalue weighted by Crippen LogP contribution is -2.11. The van der Waals surface area contributed by atoms with Crippen molar-refractivity contribution in [2.75, 3.05) is 7.11 Å². The normalized spacial score (nSPS) is 22.1. The molecule has 1 saturated carbocycles. The van der Waals surface area contributed by atoms with Gasteiger partial charge in [-0.2, -0.15) is 0 Å². The molecule has 1 aromatic carbocycles. The number of halogens is 4. The lowest BCUT2D eigenvalue weighted by molar-refractivity contribution is 0.175. The third-order valence-electron chi connectivity index (χ3n) is 4.81. The van der Waals surface area contributed by atoms with Crippen LogP contribution in [0.25, 0.3) is 0 Å². The summed E-state index contributed by atoms with van der Waals surface area (Å²) in [6.07, 6.45) is 2.02. The van der Waals surface area contributed by atoms with Gasteiger partial charge >= 0.3 is 0 Å². The Morgan fingerprint density at radius 3 is 1.91 bits per heavy atom. The predicted octanol–water partition coefficient (Wildman–Crippen LogP) is 5.17. The molecule has 0 bridgehead atoms. The van der Waals surface area contributed by atoms with Crippen molar-refractivity contribution in [1.29, 1.82) is 0 Å². The maximum atomic E-state index is 14.2. The van der Waals surface area contributed by atoms with E-state index in [1.54, 1.807) is 0 Å². The first kappa shape index (κ1) is 18.0. The van der Waals surface area contributed by atoms with Crippen molar-refractivity contribution >= 4 is 0 Å². The summed E-state index contributed by atoms with van der Waals surface area (Å²) in [4.78, 5) is 0. The van der Waals surface area contributed by atoms with Crippen molar-refractivity contribution in [3.05, 3.63) is 46.0 Å². The van der Waals surface area contributed by atoms with Crippen LogP contribution in [0.3, 0.4) is 0 Å². The van der Waals surface area contributed by atoms with Crippen molar-refractivity contribution in [3.8, 4) is 0 Å². The van der Waals surface area contributed by atoms with Crippen LogP contribution in [0.4, 0.5) is 17.6 Å². The van der Waals surface area contributed by atoms with Gasteiger partial charge in [-0.25, -0.2) is 17.6 Å². The Labute approximate surface area is 134 Å². The van der Waals surface area contributed by atoms with Gasteiger partial charge in [0.2, 0.25) is 0 Å². The molecule has 2 atom stereocenters. The lowest BCUT2D eigenvalue weighted by atomic mass is 9.99. The monoisotopic (exact) mass is 330 g/mol. The van der Waals surface area contributed by atoms with Crippen LogP contribution < -0.4 is 0 Å². The number of methoxy groups -OCH3 is 1. The largest absolute Gasteiger partial charge is 0.380 e. The summed E-state index contributed by atoms with van der Waals surface area (Å²) in [5.74, 6) is -5.25.